The van der Waals surface area contributed by atoms with Crippen LogP contribution in [0.5, 0.6) is 0 Å². The molecular weight excluding hydrogens is 419 g/mol. The lowest BCUT2D eigenvalue weighted by atomic mass is 9.74. The lowest BCUT2D eigenvalue weighted by molar-refractivity contribution is 0.170. The molecule has 3 aliphatic rings. The summed E-state index contributed by atoms with van der Waals surface area (Å²) in [4.78, 5) is 11.3. The van der Waals surface area contributed by atoms with Gasteiger partial charge in [0.05, 0.1) is 11.8 Å². The highest BCUT2D eigenvalue weighted by Crippen LogP contribution is 2.47. The summed E-state index contributed by atoms with van der Waals surface area (Å²) in [6, 6.07) is 6.19. The van der Waals surface area contributed by atoms with E-state index in [2.05, 4.69) is 39.2 Å². The van der Waals surface area contributed by atoms with Crippen molar-refractivity contribution in [2.24, 2.45) is 0 Å². The number of aromatic nitrogens is 2. The van der Waals surface area contributed by atoms with Crippen LogP contribution in [0.15, 0.2) is 24.5 Å². The van der Waals surface area contributed by atoms with Crippen molar-refractivity contribution in [1.82, 2.24) is 9.97 Å². The molecule has 152 valence electrons. The van der Waals surface area contributed by atoms with Crippen LogP contribution in [0, 0.1) is 0 Å². The summed E-state index contributed by atoms with van der Waals surface area (Å²) in [6.07, 6.45) is 4.04. The minimum Gasteiger partial charge on any atom is -0.387 e. The Morgan fingerprint density at radius 2 is 1.96 bits per heavy atom. The van der Waals surface area contributed by atoms with Gasteiger partial charge in [-0.15, -0.1) is 24.8 Å². The second-order valence-electron chi connectivity index (χ2n) is 7.96. The van der Waals surface area contributed by atoms with Crippen LogP contribution in [0.1, 0.15) is 55.0 Å². The third-order valence-electron chi connectivity index (χ3n) is 6.47. The maximum atomic E-state index is 10.2. The van der Waals surface area contributed by atoms with E-state index in [0.29, 0.717) is 5.92 Å². The van der Waals surface area contributed by atoms with Gasteiger partial charge >= 0.3 is 0 Å². The smallest absolute Gasteiger partial charge is 0.135 e. The molecule has 1 aliphatic carbocycles. The molecule has 1 aromatic carbocycles. The van der Waals surface area contributed by atoms with Crippen LogP contribution in [-0.4, -0.2) is 34.7 Å². The molecule has 1 aromatic heterocycles. The first-order valence-electron chi connectivity index (χ1n) is 9.39. The molecule has 1 spiro atoms. The largest absolute Gasteiger partial charge is 0.387 e. The minimum atomic E-state index is -0.453. The fourth-order valence-corrected chi connectivity index (χ4v) is 5.19. The average molecular weight is 444 g/mol. The third-order valence-corrected chi connectivity index (χ3v) is 6.70. The monoisotopic (exact) mass is 442 g/mol. The molecule has 3 heterocycles. The normalized spacial score (nSPS) is 24.0. The molecule has 8 heteroatoms. The Morgan fingerprint density at radius 3 is 2.71 bits per heavy atom. The fraction of sp³-hybridized carbons (Fsp3) is 0.500. The first kappa shape index (κ1) is 21.4. The van der Waals surface area contributed by atoms with Crippen molar-refractivity contribution in [3.63, 3.8) is 0 Å². The van der Waals surface area contributed by atoms with Gasteiger partial charge in [0.1, 0.15) is 12.1 Å². The van der Waals surface area contributed by atoms with Crippen molar-refractivity contribution >= 4 is 47.9 Å². The second kappa shape index (κ2) is 7.86. The number of fused-ring (bicyclic) bond motifs is 3. The molecular formula is C20H25Cl3N4O. The summed E-state index contributed by atoms with van der Waals surface area (Å²) < 4.78 is 0. The topological polar surface area (TPSA) is 61.3 Å². The predicted molar refractivity (Wildman–Crippen MR) is 118 cm³/mol. The van der Waals surface area contributed by atoms with Crippen LogP contribution in [0.4, 0.5) is 11.5 Å². The third kappa shape index (κ3) is 3.22. The molecule has 0 amide bonds. The standard InChI is InChI=1S/C20H23ClN4O.2ClH/c1-12-8-16(26)18-17(12)19(24-11-23-18)25-6-4-20(5-7-25)10-22-15-3-2-13(21)9-14(15)20;;/h2-3,9,11-12,16,22,26H,4-8,10H2,1H3;2*1H/t12-,16+;;/m1../s1. The second-order valence-corrected chi connectivity index (χ2v) is 8.40. The van der Waals surface area contributed by atoms with E-state index in [1.807, 2.05) is 6.07 Å². The molecule has 0 bridgehead atoms. The first-order valence-corrected chi connectivity index (χ1v) is 9.77. The van der Waals surface area contributed by atoms with Crippen LogP contribution >= 0.6 is 36.4 Å². The van der Waals surface area contributed by atoms with Crippen LogP contribution in [0.3, 0.4) is 0 Å². The van der Waals surface area contributed by atoms with Crippen molar-refractivity contribution in [2.45, 2.75) is 43.6 Å². The van der Waals surface area contributed by atoms with Crippen LogP contribution in [0.25, 0.3) is 0 Å². The van der Waals surface area contributed by atoms with Crippen molar-refractivity contribution in [2.75, 3.05) is 29.9 Å². The molecule has 1 saturated heterocycles. The Bertz CT molecular complexity index is 871. The van der Waals surface area contributed by atoms with Gasteiger partial charge in [-0.3, -0.25) is 0 Å². The van der Waals surface area contributed by atoms with Gasteiger partial charge in [0.15, 0.2) is 0 Å². The summed E-state index contributed by atoms with van der Waals surface area (Å²) in [5, 5.41) is 14.6. The highest BCUT2D eigenvalue weighted by atomic mass is 35.5. The van der Waals surface area contributed by atoms with Gasteiger partial charge in [-0.05, 0) is 48.9 Å². The van der Waals surface area contributed by atoms with E-state index < -0.39 is 6.10 Å². The fourth-order valence-electron chi connectivity index (χ4n) is 5.02. The summed E-state index contributed by atoms with van der Waals surface area (Å²) in [5.41, 5.74) is 4.72. The molecule has 2 aliphatic heterocycles. The van der Waals surface area contributed by atoms with Gasteiger partial charge in [-0.25, -0.2) is 9.97 Å². The van der Waals surface area contributed by atoms with E-state index in [9.17, 15) is 5.11 Å². The van der Waals surface area contributed by atoms with Crippen molar-refractivity contribution in [3.8, 4) is 0 Å². The molecule has 28 heavy (non-hydrogen) atoms. The van der Waals surface area contributed by atoms with Crippen LogP contribution in [-0.2, 0) is 5.41 Å². The van der Waals surface area contributed by atoms with Gasteiger partial charge in [0.25, 0.3) is 0 Å². The number of aliphatic hydroxyl groups excluding tert-OH is 1. The predicted octanol–water partition coefficient (Wildman–Crippen LogP) is 4.48. The van der Waals surface area contributed by atoms with E-state index in [1.165, 1.54) is 11.3 Å². The maximum Gasteiger partial charge on any atom is 0.135 e. The van der Waals surface area contributed by atoms with E-state index in [4.69, 9.17) is 11.6 Å². The Hall–Kier alpha value is -1.27. The highest BCUT2D eigenvalue weighted by molar-refractivity contribution is 6.30. The number of halogens is 3. The number of anilines is 2. The number of nitrogens with one attached hydrogen (secondary N) is 1. The van der Waals surface area contributed by atoms with E-state index >= 15 is 0 Å². The Labute approximate surface area is 182 Å². The van der Waals surface area contributed by atoms with Crippen LogP contribution < -0.4 is 10.2 Å². The average Bonchev–Trinajstić information content (AvgIpc) is 3.14. The molecule has 2 aromatic rings. The van der Waals surface area contributed by atoms with Crippen LogP contribution in [0.2, 0.25) is 5.02 Å². The molecule has 1 fully saturated rings. The van der Waals surface area contributed by atoms with E-state index in [-0.39, 0.29) is 30.2 Å². The van der Waals surface area contributed by atoms with Crippen molar-refractivity contribution in [1.29, 1.82) is 0 Å². The number of hydrogen-bond donors (Lipinski definition) is 2. The summed E-state index contributed by atoms with van der Waals surface area (Å²) in [7, 11) is 0. The molecule has 0 unspecified atom stereocenters. The number of piperidine rings is 1. The van der Waals surface area contributed by atoms with Gasteiger partial charge in [0.2, 0.25) is 0 Å². The summed E-state index contributed by atoms with van der Waals surface area (Å²) in [6.45, 7) is 5.06. The van der Waals surface area contributed by atoms with Gasteiger partial charge in [-0.1, -0.05) is 18.5 Å². The summed E-state index contributed by atoms with van der Waals surface area (Å²) >= 11 is 6.27. The van der Waals surface area contributed by atoms with E-state index in [0.717, 1.165) is 61.0 Å². The number of benzene rings is 1. The molecule has 0 saturated carbocycles. The van der Waals surface area contributed by atoms with Gasteiger partial charge < -0.3 is 15.3 Å². The van der Waals surface area contributed by atoms with Crippen molar-refractivity contribution in [3.05, 3.63) is 46.4 Å². The number of aliphatic hydroxyl groups is 1. The Morgan fingerprint density at radius 1 is 1.21 bits per heavy atom. The highest BCUT2D eigenvalue weighted by Gasteiger charge is 2.43. The van der Waals surface area contributed by atoms with Gasteiger partial charge in [-0.2, -0.15) is 0 Å². The van der Waals surface area contributed by atoms with Gasteiger partial charge in [0, 0.05) is 41.3 Å². The molecule has 0 radical (unpaired) electrons. The number of hydrogen-bond acceptors (Lipinski definition) is 5. The minimum absolute atomic E-state index is 0. The SMILES string of the molecule is C[C@@H]1C[C@H](O)c2ncnc(N3CCC4(CC3)CNc3ccc(Cl)cc34)c21.Cl.Cl. The Balaban J connectivity index is 0.00000112. The molecule has 5 rings (SSSR count). The number of rotatable bonds is 1. The molecule has 2 atom stereocenters. The maximum absolute atomic E-state index is 10.2. The zero-order chi connectivity index (χ0) is 17.9. The Kier molecular flexibility index (Phi) is 6.02. The zero-order valence-electron chi connectivity index (χ0n) is 15.7. The van der Waals surface area contributed by atoms with E-state index in [1.54, 1.807) is 6.33 Å². The number of nitrogens with zero attached hydrogens (tertiary/aromatic N) is 3. The molecule has 5 nitrogen and oxygen atoms in total. The molecule has 2 N–H and O–H groups in total. The first-order chi connectivity index (χ1) is 12.6. The lowest BCUT2D eigenvalue weighted by Gasteiger charge is -2.40. The van der Waals surface area contributed by atoms with Crippen molar-refractivity contribution < 1.29 is 5.11 Å². The lowest BCUT2D eigenvalue weighted by Crippen LogP contribution is -2.44. The summed E-state index contributed by atoms with van der Waals surface area (Å²) in [5.74, 6) is 1.32. The zero-order valence-corrected chi connectivity index (χ0v) is 18.1. The quantitative estimate of drug-likeness (QED) is 0.680.